The van der Waals surface area contributed by atoms with E-state index in [-0.39, 0.29) is 24.8 Å². The van der Waals surface area contributed by atoms with Gasteiger partial charge in [0.2, 0.25) is 0 Å². The van der Waals surface area contributed by atoms with Gasteiger partial charge >= 0.3 is 0 Å². The summed E-state index contributed by atoms with van der Waals surface area (Å²) in [6.07, 6.45) is 4.53. The maximum absolute atomic E-state index is 4.06. The smallest absolute Gasteiger partial charge is 0.137 e. The molecule has 0 amide bonds. The molecule has 1 unspecified atom stereocenters. The Kier molecular flexibility index (Phi) is 5.20. The predicted molar refractivity (Wildman–Crippen MR) is 51.0 cm³/mol. The lowest BCUT2D eigenvalue weighted by Gasteiger charge is -2.05. The van der Waals surface area contributed by atoms with Gasteiger partial charge in [0.1, 0.15) is 12.7 Å². The Balaban J connectivity index is 0.000000605. The Morgan fingerprint density at radius 1 is 1.42 bits per heavy atom. The number of nitrogens with zero attached hydrogens (tertiary/aromatic N) is 3. The topological polar surface area (TPSA) is 42.7 Å². The van der Waals surface area contributed by atoms with Crippen LogP contribution in [0.15, 0.2) is 12.7 Å². The molecule has 1 saturated heterocycles. The van der Waals surface area contributed by atoms with Crippen LogP contribution in [0.4, 0.5) is 0 Å². The SMILES string of the molecule is Cl.Cl.c1ncn(C2CCNC2)n1. The molecule has 1 N–H and O–H groups in total. The average Bonchev–Trinajstić information content (AvgIpc) is 2.59. The minimum absolute atomic E-state index is 0. The van der Waals surface area contributed by atoms with Crippen LogP contribution < -0.4 is 5.32 Å². The van der Waals surface area contributed by atoms with Crippen LogP contribution in [-0.2, 0) is 0 Å². The zero-order chi connectivity index (χ0) is 6.81. The van der Waals surface area contributed by atoms with Gasteiger partial charge in [0.05, 0.1) is 6.04 Å². The molecule has 1 aliphatic rings. The fourth-order valence-corrected chi connectivity index (χ4v) is 1.27. The van der Waals surface area contributed by atoms with Gasteiger partial charge in [-0.1, -0.05) is 0 Å². The van der Waals surface area contributed by atoms with Crippen molar-refractivity contribution in [3.05, 3.63) is 12.7 Å². The number of aromatic nitrogens is 3. The van der Waals surface area contributed by atoms with E-state index in [0.29, 0.717) is 6.04 Å². The molecule has 2 heterocycles. The summed E-state index contributed by atoms with van der Waals surface area (Å²) in [5.41, 5.74) is 0. The molecule has 0 saturated carbocycles. The van der Waals surface area contributed by atoms with Crippen molar-refractivity contribution >= 4 is 24.8 Å². The number of rotatable bonds is 1. The van der Waals surface area contributed by atoms with Gasteiger partial charge < -0.3 is 5.32 Å². The molecule has 70 valence electrons. The van der Waals surface area contributed by atoms with E-state index in [0.717, 1.165) is 13.1 Å². The molecule has 6 heteroatoms. The highest BCUT2D eigenvalue weighted by Crippen LogP contribution is 2.11. The highest BCUT2D eigenvalue weighted by molar-refractivity contribution is 5.85. The standard InChI is InChI=1S/C6H10N4.2ClH/c1-2-7-3-6(1)10-5-8-4-9-10;;/h4-7H,1-3H2;2*1H. The molecule has 0 radical (unpaired) electrons. The van der Waals surface area contributed by atoms with Crippen LogP contribution in [0.5, 0.6) is 0 Å². The van der Waals surface area contributed by atoms with Gasteiger partial charge in [-0.25, -0.2) is 9.67 Å². The highest BCUT2D eigenvalue weighted by atomic mass is 35.5. The molecule has 1 aromatic heterocycles. The van der Waals surface area contributed by atoms with Crippen molar-refractivity contribution in [2.75, 3.05) is 13.1 Å². The summed E-state index contributed by atoms with van der Waals surface area (Å²) in [5.74, 6) is 0. The third-order valence-electron chi connectivity index (χ3n) is 1.85. The van der Waals surface area contributed by atoms with Crippen LogP contribution in [0.2, 0.25) is 0 Å². The van der Waals surface area contributed by atoms with Crippen molar-refractivity contribution in [2.24, 2.45) is 0 Å². The summed E-state index contributed by atoms with van der Waals surface area (Å²) < 4.78 is 1.92. The van der Waals surface area contributed by atoms with Crippen LogP contribution in [0.3, 0.4) is 0 Å². The molecule has 1 aliphatic heterocycles. The number of hydrogen-bond acceptors (Lipinski definition) is 3. The van der Waals surface area contributed by atoms with E-state index >= 15 is 0 Å². The van der Waals surface area contributed by atoms with Crippen molar-refractivity contribution in [2.45, 2.75) is 12.5 Å². The quantitative estimate of drug-likeness (QED) is 0.741. The van der Waals surface area contributed by atoms with E-state index in [2.05, 4.69) is 15.4 Å². The first kappa shape index (κ1) is 11.7. The van der Waals surface area contributed by atoms with Crippen molar-refractivity contribution in [1.82, 2.24) is 20.1 Å². The van der Waals surface area contributed by atoms with E-state index in [4.69, 9.17) is 0 Å². The average molecular weight is 211 g/mol. The van der Waals surface area contributed by atoms with E-state index < -0.39 is 0 Å². The van der Waals surface area contributed by atoms with Crippen molar-refractivity contribution in [1.29, 1.82) is 0 Å². The molecule has 4 nitrogen and oxygen atoms in total. The van der Waals surface area contributed by atoms with Gasteiger partial charge in [-0.05, 0) is 13.0 Å². The van der Waals surface area contributed by atoms with E-state index in [1.54, 1.807) is 12.7 Å². The minimum atomic E-state index is 0. The number of halogens is 2. The molecule has 0 aliphatic carbocycles. The second-order valence-corrected chi connectivity index (χ2v) is 2.52. The summed E-state index contributed by atoms with van der Waals surface area (Å²) in [7, 11) is 0. The molecule has 0 aromatic carbocycles. The summed E-state index contributed by atoms with van der Waals surface area (Å²) in [5, 5.41) is 7.34. The molecule has 1 aromatic rings. The second-order valence-electron chi connectivity index (χ2n) is 2.52. The molecule has 2 rings (SSSR count). The van der Waals surface area contributed by atoms with E-state index in [1.807, 2.05) is 4.68 Å². The minimum Gasteiger partial charge on any atom is -0.315 e. The van der Waals surface area contributed by atoms with Crippen LogP contribution in [-0.4, -0.2) is 27.9 Å². The van der Waals surface area contributed by atoms with Crippen LogP contribution >= 0.6 is 24.8 Å². The number of hydrogen-bond donors (Lipinski definition) is 1. The first-order chi connectivity index (χ1) is 4.97. The molecule has 1 atom stereocenters. The van der Waals surface area contributed by atoms with Gasteiger partial charge in [-0.15, -0.1) is 24.8 Å². The lowest BCUT2D eigenvalue weighted by molar-refractivity contribution is 0.489. The molecule has 0 spiro atoms. The Morgan fingerprint density at radius 3 is 2.75 bits per heavy atom. The van der Waals surface area contributed by atoms with Gasteiger partial charge in [0.25, 0.3) is 0 Å². The van der Waals surface area contributed by atoms with Gasteiger partial charge in [-0.2, -0.15) is 5.10 Å². The summed E-state index contributed by atoms with van der Waals surface area (Å²) in [6.45, 7) is 2.13. The van der Waals surface area contributed by atoms with Crippen LogP contribution in [0.25, 0.3) is 0 Å². The monoisotopic (exact) mass is 210 g/mol. The molecule has 1 fully saturated rings. The van der Waals surface area contributed by atoms with Crippen LogP contribution in [0, 0.1) is 0 Å². The largest absolute Gasteiger partial charge is 0.315 e. The van der Waals surface area contributed by atoms with Crippen molar-refractivity contribution < 1.29 is 0 Å². The maximum atomic E-state index is 4.06. The normalized spacial score (nSPS) is 21.2. The third kappa shape index (κ3) is 2.33. The Hall–Kier alpha value is -0.320. The molecular formula is C6H12Cl2N4. The van der Waals surface area contributed by atoms with Crippen molar-refractivity contribution in [3.63, 3.8) is 0 Å². The fraction of sp³-hybridized carbons (Fsp3) is 0.667. The third-order valence-corrected chi connectivity index (χ3v) is 1.85. The Bertz CT molecular complexity index is 195. The molecule has 0 bridgehead atoms. The van der Waals surface area contributed by atoms with Gasteiger partial charge in [0.15, 0.2) is 0 Å². The van der Waals surface area contributed by atoms with Gasteiger partial charge in [-0.3, -0.25) is 0 Å². The molecule has 12 heavy (non-hydrogen) atoms. The molecular weight excluding hydrogens is 199 g/mol. The van der Waals surface area contributed by atoms with Crippen LogP contribution in [0.1, 0.15) is 12.5 Å². The predicted octanol–water partition coefficient (Wildman–Crippen LogP) is 0.656. The van der Waals surface area contributed by atoms with Crippen molar-refractivity contribution in [3.8, 4) is 0 Å². The summed E-state index contributed by atoms with van der Waals surface area (Å²) in [6, 6.07) is 0.530. The Labute approximate surface area is 83.6 Å². The first-order valence-electron chi connectivity index (χ1n) is 3.51. The fourth-order valence-electron chi connectivity index (χ4n) is 1.27. The maximum Gasteiger partial charge on any atom is 0.137 e. The lowest BCUT2D eigenvalue weighted by Crippen LogP contribution is -2.13. The number of nitrogens with one attached hydrogen (secondary N) is 1. The zero-order valence-corrected chi connectivity index (χ0v) is 8.14. The van der Waals surface area contributed by atoms with E-state index in [9.17, 15) is 0 Å². The Morgan fingerprint density at radius 2 is 2.25 bits per heavy atom. The first-order valence-corrected chi connectivity index (χ1v) is 3.51. The second kappa shape index (κ2) is 5.35. The highest BCUT2D eigenvalue weighted by Gasteiger charge is 2.15. The lowest BCUT2D eigenvalue weighted by atomic mass is 10.3. The summed E-state index contributed by atoms with van der Waals surface area (Å²) >= 11 is 0. The van der Waals surface area contributed by atoms with E-state index in [1.165, 1.54) is 6.42 Å². The van der Waals surface area contributed by atoms with Gasteiger partial charge in [0, 0.05) is 6.54 Å². The zero-order valence-electron chi connectivity index (χ0n) is 6.51. The summed E-state index contributed by atoms with van der Waals surface area (Å²) in [4.78, 5) is 3.89.